The monoisotopic (exact) mass is 349 g/mol. The first-order chi connectivity index (χ1) is 8.81. The largest absolute Gasteiger partial charge is 0.289 e. The average Bonchev–Trinajstić information content (AvgIpc) is 2.28. The van der Waals surface area contributed by atoms with Crippen molar-refractivity contribution in [2.24, 2.45) is 0 Å². The molecule has 8 heteroatoms. The van der Waals surface area contributed by atoms with Crippen molar-refractivity contribution in [1.29, 1.82) is 0 Å². The standard InChI is InChI=1S/C11H16BrN3O3S/c1-15(2)14-11(16)7-8-13-19(17,18)10-5-3-9(12)4-6-10/h3-6,13H,7-8H2,1-2H3,(H,14,16). The molecule has 0 aliphatic heterocycles. The van der Waals surface area contributed by atoms with Crippen LogP contribution in [0.25, 0.3) is 0 Å². The zero-order valence-electron chi connectivity index (χ0n) is 10.7. The molecule has 1 amide bonds. The summed E-state index contributed by atoms with van der Waals surface area (Å²) in [6.45, 7) is 0.0536. The molecule has 0 aliphatic rings. The van der Waals surface area contributed by atoms with Crippen LogP contribution in [0.4, 0.5) is 0 Å². The van der Waals surface area contributed by atoms with E-state index in [2.05, 4.69) is 26.1 Å². The van der Waals surface area contributed by atoms with Crippen LogP contribution < -0.4 is 10.1 Å². The molecule has 1 aromatic carbocycles. The maximum Gasteiger partial charge on any atom is 0.240 e. The van der Waals surface area contributed by atoms with Gasteiger partial charge in [-0.2, -0.15) is 0 Å². The molecule has 106 valence electrons. The number of hydrogen-bond donors (Lipinski definition) is 2. The molecule has 0 bridgehead atoms. The molecule has 0 fully saturated rings. The van der Waals surface area contributed by atoms with Gasteiger partial charge in [0.05, 0.1) is 4.90 Å². The Labute approximate surface area is 121 Å². The summed E-state index contributed by atoms with van der Waals surface area (Å²) in [6.07, 6.45) is 0.0773. The molecule has 0 spiro atoms. The fourth-order valence-electron chi connectivity index (χ4n) is 1.30. The molecule has 2 N–H and O–H groups in total. The molecule has 0 radical (unpaired) electrons. The van der Waals surface area contributed by atoms with Crippen LogP contribution in [0.2, 0.25) is 0 Å². The van der Waals surface area contributed by atoms with Crippen molar-refractivity contribution in [3.05, 3.63) is 28.7 Å². The highest BCUT2D eigenvalue weighted by Gasteiger charge is 2.13. The van der Waals surface area contributed by atoms with Gasteiger partial charge in [-0.25, -0.2) is 18.1 Å². The van der Waals surface area contributed by atoms with Crippen molar-refractivity contribution in [3.63, 3.8) is 0 Å². The predicted octanol–water partition coefficient (Wildman–Crippen LogP) is 0.710. The lowest BCUT2D eigenvalue weighted by atomic mass is 10.4. The van der Waals surface area contributed by atoms with Gasteiger partial charge < -0.3 is 0 Å². The minimum absolute atomic E-state index is 0.0536. The van der Waals surface area contributed by atoms with E-state index in [0.717, 1.165) is 4.47 Å². The van der Waals surface area contributed by atoms with E-state index in [0.29, 0.717) is 0 Å². The van der Waals surface area contributed by atoms with E-state index in [4.69, 9.17) is 0 Å². The Balaban J connectivity index is 2.52. The minimum Gasteiger partial charge on any atom is -0.289 e. The topological polar surface area (TPSA) is 78.5 Å². The first-order valence-electron chi connectivity index (χ1n) is 5.53. The second-order valence-corrected chi connectivity index (χ2v) is 6.71. The van der Waals surface area contributed by atoms with Gasteiger partial charge in [0.2, 0.25) is 15.9 Å². The Morgan fingerprint density at radius 2 is 1.84 bits per heavy atom. The van der Waals surface area contributed by atoms with Crippen LogP contribution in [0.1, 0.15) is 6.42 Å². The zero-order chi connectivity index (χ0) is 14.5. The maximum atomic E-state index is 11.9. The molecule has 1 rings (SSSR count). The lowest BCUT2D eigenvalue weighted by molar-refractivity contribution is -0.124. The van der Waals surface area contributed by atoms with Crippen molar-refractivity contribution >= 4 is 31.9 Å². The van der Waals surface area contributed by atoms with Crippen LogP contribution in [-0.2, 0) is 14.8 Å². The zero-order valence-corrected chi connectivity index (χ0v) is 13.1. The molecular formula is C11H16BrN3O3S. The molecule has 0 heterocycles. The maximum absolute atomic E-state index is 11.9. The highest BCUT2D eigenvalue weighted by atomic mass is 79.9. The Hall–Kier alpha value is -0.960. The molecule has 0 saturated carbocycles. The molecular weight excluding hydrogens is 334 g/mol. The number of nitrogens with one attached hydrogen (secondary N) is 2. The van der Waals surface area contributed by atoms with Gasteiger partial charge in [-0.3, -0.25) is 10.2 Å². The molecule has 0 aliphatic carbocycles. The summed E-state index contributed by atoms with van der Waals surface area (Å²) in [4.78, 5) is 11.5. The summed E-state index contributed by atoms with van der Waals surface area (Å²) in [5.41, 5.74) is 2.53. The number of benzene rings is 1. The summed E-state index contributed by atoms with van der Waals surface area (Å²) >= 11 is 3.23. The molecule has 1 aromatic rings. The number of halogens is 1. The van der Waals surface area contributed by atoms with Crippen LogP contribution in [0.15, 0.2) is 33.6 Å². The second-order valence-electron chi connectivity index (χ2n) is 4.03. The average molecular weight is 350 g/mol. The first-order valence-corrected chi connectivity index (χ1v) is 7.81. The van der Waals surface area contributed by atoms with Crippen LogP contribution in [0.5, 0.6) is 0 Å². The quantitative estimate of drug-likeness (QED) is 0.741. The Kier molecular flexibility index (Phi) is 5.92. The number of carbonyl (C=O) groups excluding carboxylic acids is 1. The number of hydrogen-bond acceptors (Lipinski definition) is 4. The van der Waals surface area contributed by atoms with Crippen molar-refractivity contribution in [1.82, 2.24) is 15.2 Å². The summed E-state index contributed by atoms with van der Waals surface area (Å²) in [7, 11) is -0.197. The number of carbonyl (C=O) groups is 1. The van der Waals surface area contributed by atoms with E-state index in [9.17, 15) is 13.2 Å². The van der Waals surface area contributed by atoms with Gasteiger partial charge in [0.1, 0.15) is 0 Å². The van der Waals surface area contributed by atoms with Gasteiger partial charge in [-0.05, 0) is 24.3 Å². The predicted molar refractivity (Wildman–Crippen MR) is 75.8 cm³/mol. The fourth-order valence-corrected chi connectivity index (χ4v) is 2.60. The van der Waals surface area contributed by atoms with Gasteiger partial charge >= 0.3 is 0 Å². The van der Waals surface area contributed by atoms with E-state index in [-0.39, 0.29) is 23.8 Å². The summed E-state index contributed by atoms with van der Waals surface area (Å²) in [5, 5.41) is 1.51. The van der Waals surface area contributed by atoms with Crippen LogP contribution in [-0.4, -0.2) is 40.0 Å². The number of rotatable bonds is 6. The smallest absolute Gasteiger partial charge is 0.240 e. The van der Waals surface area contributed by atoms with E-state index in [1.54, 1.807) is 26.2 Å². The second kappa shape index (κ2) is 6.99. The van der Waals surface area contributed by atoms with Crippen molar-refractivity contribution in [2.45, 2.75) is 11.3 Å². The van der Waals surface area contributed by atoms with Gasteiger partial charge in [-0.1, -0.05) is 15.9 Å². The Morgan fingerprint density at radius 1 is 1.26 bits per heavy atom. The summed E-state index contributed by atoms with van der Waals surface area (Å²) < 4.78 is 26.9. The lowest BCUT2D eigenvalue weighted by Gasteiger charge is -2.12. The normalized spacial score (nSPS) is 11.6. The van der Waals surface area contributed by atoms with Crippen molar-refractivity contribution in [2.75, 3.05) is 20.6 Å². The Bertz CT molecular complexity index is 529. The number of nitrogens with zero attached hydrogens (tertiary/aromatic N) is 1. The number of hydrazine groups is 1. The molecule has 0 atom stereocenters. The van der Waals surface area contributed by atoms with Crippen LogP contribution in [0, 0.1) is 0 Å². The van der Waals surface area contributed by atoms with Crippen LogP contribution in [0.3, 0.4) is 0 Å². The SMILES string of the molecule is CN(C)NC(=O)CCNS(=O)(=O)c1ccc(Br)cc1. The first kappa shape index (κ1) is 16.1. The van der Waals surface area contributed by atoms with E-state index < -0.39 is 10.0 Å². The highest BCUT2D eigenvalue weighted by molar-refractivity contribution is 9.10. The summed E-state index contributed by atoms with van der Waals surface area (Å²) in [5.74, 6) is -0.247. The third-order valence-electron chi connectivity index (χ3n) is 2.12. The van der Waals surface area contributed by atoms with Gasteiger partial charge in [-0.15, -0.1) is 0 Å². The highest BCUT2D eigenvalue weighted by Crippen LogP contribution is 2.14. The van der Waals surface area contributed by atoms with Crippen molar-refractivity contribution < 1.29 is 13.2 Å². The number of sulfonamides is 1. The van der Waals surface area contributed by atoms with E-state index in [1.165, 1.54) is 17.1 Å². The molecule has 19 heavy (non-hydrogen) atoms. The van der Waals surface area contributed by atoms with Gasteiger partial charge in [0.15, 0.2) is 0 Å². The van der Waals surface area contributed by atoms with Crippen LogP contribution >= 0.6 is 15.9 Å². The molecule has 6 nitrogen and oxygen atoms in total. The van der Waals surface area contributed by atoms with Gasteiger partial charge in [0.25, 0.3) is 0 Å². The fraction of sp³-hybridized carbons (Fsp3) is 0.364. The summed E-state index contributed by atoms with van der Waals surface area (Å²) in [6, 6.07) is 6.28. The molecule has 0 unspecified atom stereocenters. The minimum atomic E-state index is -3.57. The van der Waals surface area contributed by atoms with E-state index >= 15 is 0 Å². The number of amides is 1. The lowest BCUT2D eigenvalue weighted by Crippen LogP contribution is -2.38. The third kappa shape index (κ3) is 5.68. The third-order valence-corrected chi connectivity index (χ3v) is 4.12. The van der Waals surface area contributed by atoms with Crippen molar-refractivity contribution in [3.8, 4) is 0 Å². The molecule has 0 saturated heterocycles. The Morgan fingerprint density at radius 3 is 2.37 bits per heavy atom. The molecule has 0 aromatic heterocycles. The van der Waals surface area contributed by atoms with Gasteiger partial charge in [0, 0.05) is 31.5 Å². The van der Waals surface area contributed by atoms with E-state index in [1.807, 2.05) is 0 Å².